The summed E-state index contributed by atoms with van der Waals surface area (Å²) in [4.78, 5) is 2.38. The van der Waals surface area contributed by atoms with Gasteiger partial charge in [-0.2, -0.15) is 0 Å². The van der Waals surface area contributed by atoms with Crippen molar-refractivity contribution in [1.29, 1.82) is 0 Å². The van der Waals surface area contributed by atoms with Gasteiger partial charge in [-0.25, -0.2) is 0 Å². The molecular formula is C10H22N2O. The fourth-order valence-electron chi connectivity index (χ4n) is 2.01. The minimum absolute atomic E-state index is 0.161. The van der Waals surface area contributed by atoms with Gasteiger partial charge in [0.1, 0.15) is 0 Å². The molecule has 0 aromatic heterocycles. The van der Waals surface area contributed by atoms with Crippen LogP contribution in [0.25, 0.3) is 0 Å². The highest BCUT2D eigenvalue weighted by molar-refractivity contribution is 4.92. The molecule has 3 heteroatoms. The molecule has 1 fully saturated rings. The topological polar surface area (TPSA) is 35.5 Å². The van der Waals surface area contributed by atoms with Gasteiger partial charge < -0.3 is 10.4 Å². The van der Waals surface area contributed by atoms with Crippen molar-refractivity contribution in [3.63, 3.8) is 0 Å². The van der Waals surface area contributed by atoms with Crippen LogP contribution in [0.3, 0.4) is 0 Å². The number of hydrogen-bond donors (Lipinski definition) is 2. The molecular weight excluding hydrogens is 164 g/mol. The first kappa shape index (κ1) is 11.0. The van der Waals surface area contributed by atoms with E-state index in [1.54, 1.807) is 0 Å². The lowest BCUT2D eigenvalue weighted by atomic mass is 9.96. The summed E-state index contributed by atoms with van der Waals surface area (Å²) in [5.41, 5.74) is 0.161. The number of nitrogens with zero attached hydrogens (tertiary/aromatic N) is 1. The van der Waals surface area contributed by atoms with Gasteiger partial charge in [-0.15, -0.1) is 0 Å². The van der Waals surface area contributed by atoms with E-state index in [-0.39, 0.29) is 17.7 Å². The molecule has 0 spiro atoms. The Balaban J connectivity index is 2.65. The van der Waals surface area contributed by atoms with Crippen LogP contribution in [0.1, 0.15) is 27.7 Å². The van der Waals surface area contributed by atoms with Crippen molar-refractivity contribution < 1.29 is 5.11 Å². The molecule has 0 saturated carbocycles. The summed E-state index contributed by atoms with van der Waals surface area (Å²) in [5, 5.41) is 12.9. The van der Waals surface area contributed by atoms with Gasteiger partial charge in [-0.3, -0.25) is 4.90 Å². The predicted molar refractivity (Wildman–Crippen MR) is 54.8 cm³/mol. The van der Waals surface area contributed by atoms with E-state index in [2.05, 4.69) is 31.0 Å². The summed E-state index contributed by atoms with van der Waals surface area (Å²) >= 11 is 0. The fraction of sp³-hybridized carbons (Fsp3) is 1.00. The molecule has 1 saturated heterocycles. The third-order valence-corrected chi connectivity index (χ3v) is 3.05. The van der Waals surface area contributed by atoms with Crippen molar-refractivity contribution in [3.8, 4) is 0 Å². The molecule has 1 aliphatic rings. The smallest absolute Gasteiger partial charge is 0.0664 e. The highest BCUT2D eigenvalue weighted by atomic mass is 16.3. The Morgan fingerprint density at radius 2 is 2.00 bits per heavy atom. The fourth-order valence-corrected chi connectivity index (χ4v) is 2.01. The molecule has 0 bridgehead atoms. The van der Waals surface area contributed by atoms with Crippen molar-refractivity contribution in [2.75, 3.05) is 19.6 Å². The quantitative estimate of drug-likeness (QED) is 0.657. The number of piperazine rings is 1. The maximum Gasteiger partial charge on any atom is 0.0664 e. The number of rotatable bonds is 2. The number of hydrogen-bond acceptors (Lipinski definition) is 3. The van der Waals surface area contributed by atoms with E-state index in [1.807, 2.05) is 6.92 Å². The average molecular weight is 186 g/mol. The summed E-state index contributed by atoms with van der Waals surface area (Å²) in [6.07, 6.45) is -0.252. The lowest BCUT2D eigenvalue weighted by molar-refractivity contribution is -0.00572. The van der Waals surface area contributed by atoms with E-state index in [1.165, 1.54) is 0 Å². The Labute approximate surface area is 81.1 Å². The molecule has 1 heterocycles. The minimum Gasteiger partial charge on any atom is -0.392 e. The van der Waals surface area contributed by atoms with E-state index in [0.29, 0.717) is 0 Å². The minimum atomic E-state index is -0.252. The monoisotopic (exact) mass is 186 g/mol. The van der Waals surface area contributed by atoms with Crippen LogP contribution in [0, 0.1) is 0 Å². The highest BCUT2D eigenvalue weighted by Gasteiger charge is 2.34. The molecule has 2 N–H and O–H groups in total. The SMILES string of the molecule is CC(O)C(C)N1CCNCC1(C)C. The van der Waals surface area contributed by atoms with Crippen LogP contribution in [0.2, 0.25) is 0 Å². The molecule has 1 aliphatic heterocycles. The van der Waals surface area contributed by atoms with Crippen molar-refractivity contribution >= 4 is 0 Å². The van der Waals surface area contributed by atoms with E-state index in [0.717, 1.165) is 19.6 Å². The molecule has 2 atom stereocenters. The van der Waals surface area contributed by atoms with Gasteiger partial charge >= 0.3 is 0 Å². The normalized spacial score (nSPS) is 28.4. The molecule has 2 unspecified atom stereocenters. The van der Waals surface area contributed by atoms with E-state index in [9.17, 15) is 5.11 Å². The van der Waals surface area contributed by atoms with Crippen LogP contribution in [-0.4, -0.2) is 47.3 Å². The molecule has 1 rings (SSSR count). The van der Waals surface area contributed by atoms with Gasteiger partial charge in [-0.05, 0) is 27.7 Å². The first-order valence-electron chi connectivity index (χ1n) is 5.10. The molecule has 0 aromatic carbocycles. The molecule has 0 radical (unpaired) electrons. The summed E-state index contributed by atoms with van der Waals surface area (Å²) in [7, 11) is 0. The number of nitrogens with one attached hydrogen (secondary N) is 1. The molecule has 78 valence electrons. The van der Waals surface area contributed by atoms with E-state index >= 15 is 0 Å². The summed E-state index contributed by atoms with van der Waals surface area (Å²) < 4.78 is 0. The van der Waals surface area contributed by atoms with E-state index < -0.39 is 0 Å². The van der Waals surface area contributed by atoms with Gasteiger partial charge in [0.15, 0.2) is 0 Å². The van der Waals surface area contributed by atoms with Crippen LogP contribution in [0.15, 0.2) is 0 Å². The molecule has 3 nitrogen and oxygen atoms in total. The van der Waals surface area contributed by atoms with Crippen LogP contribution in [-0.2, 0) is 0 Å². The summed E-state index contributed by atoms with van der Waals surface area (Å²) in [6.45, 7) is 11.5. The Kier molecular flexibility index (Phi) is 3.33. The maximum absolute atomic E-state index is 9.54. The molecule has 0 aromatic rings. The predicted octanol–water partition coefficient (Wildman–Crippen LogP) is 0.439. The largest absolute Gasteiger partial charge is 0.392 e. The number of aliphatic hydroxyl groups is 1. The second-order valence-electron chi connectivity index (χ2n) is 4.66. The van der Waals surface area contributed by atoms with Crippen LogP contribution >= 0.6 is 0 Å². The first-order valence-corrected chi connectivity index (χ1v) is 5.10. The first-order chi connectivity index (χ1) is 5.95. The zero-order chi connectivity index (χ0) is 10.1. The van der Waals surface area contributed by atoms with Gasteiger partial charge in [0.2, 0.25) is 0 Å². The second-order valence-corrected chi connectivity index (χ2v) is 4.66. The van der Waals surface area contributed by atoms with Gasteiger partial charge in [0, 0.05) is 31.2 Å². The molecule has 0 amide bonds. The van der Waals surface area contributed by atoms with Gasteiger partial charge in [0.05, 0.1) is 6.10 Å². The average Bonchev–Trinajstić information content (AvgIpc) is 2.02. The van der Waals surface area contributed by atoms with Crippen molar-refractivity contribution in [2.24, 2.45) is 0 Å². The van der Waals surface area contributed by atoms with Crippen LogP contribution < -0.4 is 5.32 Å². The Morgan fingerprint density at radius 3 is 2.46 bits per heavy atom. The Hall–Kier alpha value is -0.120. The standard InChI is InChI=1S/C10H22N2O/c1-8(9(2)13)12-6-5-11-7-10(12,3)4/h8-9,11,13H,5-7H2,1-4H3. The second kappa shape index (κ2) is 3.95. The van der Waals surface area contributed by atoms with Gasteiger partial charge in [-0.1, -0.05) is 0 Å². The third-order valence-electron chi connectivity index (χ3n) is 3.05. The van der Waals surface area contributed by atoms with Crippen LogP contribution in [0.4, 0.5) is 0 Å². The van der Waals surface area contributed by atoms with E-state index in [4.69, 9.17) is 0 Å². The highest BCUT2D eigenvalue weighted by Crippen LogP contribution is 2.20. The van der Waals surface area contributed by atoms with Crippen LogP contribution in [0.5, 0.6) is 0 Å². The summed E-state index contributed by atoms with van der Waals surface area (Å²) in [5.74, 6) is 0. The number of aliphatic hydroxyl groups excluding tert-OH is 1. The molecule has 13 heavy (non-hydrogen) atoms. The van der Waals surface area contributed by atoms with Gasteiger partial charge in [0.25, 0.3) is 0 Å². The third kappa shape index (κ3) is 2.42. The molecule has 0 aliphatic carbocycles. The lowest BCUT2D eigenvalue weighted by Gasteiger charge is -2.47. The maximum atomic E-state index is 9.54. The lowest BCUT2D eigenvalue weighted by Crippen LogP contribution is -2.62. The van der Waals surface area contributed by atoms with Crippen molar-refractivity contribution in [1.82, 2.24) is 10.2 Å². The Bertz CT molecular complexity index is 168. The zero-order valence-corrected chi connectivity index (χ0v) is 9.17. The summed E-state index contributed by atoms with van der Waals surface area (Å²) in [6, 6.07) is 0.247. The zero-order valence-electron chi connectivity index (χ0n) is 9.17. The van der Waals surface area contributed by atoms with Crippen molar-refractivity contribution in [3.05, 3.63) is 0 Å². The Morgan fingerprint density at radius 1 is 1.38 bits per heavy atom. The van der Waals surface area contributed by atoms with Crippen molar-refractivity contribution in [2.45, 2.75) is 45.4 Å².